The quantitative estimate of drug-likeness (QED) is 0.444. The molecule has 1 heterocycles. The van der Waals surface area contributed by atoms with E-state index >= 15 is 0 Å². The van der Waals surface area contributed by atoms with E-state index in [1.807, 2.05) is 25.1 Å². The first kappa shape index (κ1) is 26.2. The first-order valence-corrected chi connectivity index (χ1v) is 12.0. The van der Waals surface area contributed by atoms with Gasteiger partial charge in [0.05, 0.1) is 6.54 Å². The molecule has 0 unspecified atom stereocenters. The van der Waals surface area contributed by atoms with Gasteiger partial charge in [-0.1, -0.05) is 78.2 Å². The van der Waals surface area contributed by atoms with E-state index in [0.717, 1.165) is 13.1 Å². The van der Waals surface area contributed by atoms with Crippen molar-refractivity contribution < 1.29 is 9.59 Å². The van der Waals surface area contributed by atoms with Crippen molar-refractivity contribution in [3.63, 3.8) is 0 Å². The van der Waals surface area contributed by atoms with E-state index in [4.69, 9.17) is 0 Å². The van der Waals surface area contributed by atoms with Crippen LogP contribution in [0.3, 0.4) is 0 Å². The topological polar surface area (TPSA) is 61.4 Å². The van der Waals surface area contributed by atoms with E-state index in [-0.39, 0.29) is 11.8 Å². The molecular formula is C25H43N3O2. The molecule has 1 saturated heterocycles. The average Bonchev–Trinajstić information content (AvgIpc) is 3.00. The number of anilines is 2. The predicted molar refractivity (Wildman–Crippen MR) is 128 cm³/mol. The number of nitrogens with zero attached hydrogens (tertiary/aromatic N) is 1. The van der Waals surface area contributed by atoms with E-state index in [9.17, 15) is 9.59 Å². The van der Waals surface area contributed by atoms with Crippen LogP contribution in [0.15, 0.2) is 24.3 Å². The second-order valence-electron chi connectivity index (χ2n) is 8.14. The summed E-state index contributed by atoms with van der Waals surface area (Å²) in [4.78, 5) is 25.8. The van der Waals surface area contributed by atoms with Crippen LogP contribution in [0.2, 0.25) is 0 Å². The number of nitrogens with one attached hydrogen (secondary N) is 2. The van der Waals surface area contributed by atoms with Crippen LogP contribution >= 0.6 is 0 Å². The van der Waals surface area contributed by atoms with E-state index in [1.165, 1.54) is 64.2 Å². The van der Waals surface area contributed by atoms with Gasteiger partial charge in [-0.05, 0) is 44.1 Å². The van der Waals surface area contributed by atoms with E-state index in [2.05, 4.69) is 29.4 Å². The summed E-state index contributed by atoms with van der Waals surface area (Å²) in [6.07, 6.45) is 13.8. The Bertz CT molecular complexity index is 590. The third-order valence-corrected chi connectivity index (χ3v) is 5.27. The van der Waals surface area contributed by atoms with Crippen LogP contribution in [0.5, 0.6) is 0 Å². The lowest BCUT2D eigenvalue weighted by molar-refractivity contribution is -0.117. The van der Waals surface area contributed by atoms with Gasteiger partial charge in [0.1, 0.15) is 0 Å². The number of hydrogen-bond acceptors (Lipinski definition) is 3. The molecule has 1 fully saturated rings. The normalized spacial score (nSPS) is 14.2. The van der Waals surface area contributed by atoms with Crippen LogP contribution in [0, 0.1) is 0 Å². The van der Waals surface area contributed by atoms with Gasteiger partial charge >= 0.3 is 0 Å². The minimum absolute atomic E-state index is 0.000804. The van der Waals surface area contributed by atoms with Gasteiger partial charge in [-0.3, -0.25) is 14.5 Å². The molecule has 0 aliphatic carbocycles. The van der Waals surface area contributed by atoms with Gasteiger partial charge < -0.3 is 10.6 Å². The van der Waals surface area contributed by atoms with Crippen molar-refractivity contribution in [2.24, 2.45) is 0 Å². The molecule has 30 heavy (non-hydrogen) atoms. The average molecular weight is 418 g/mol. The number of amides is 2. The highest BCUT2D eigenvalue weighted by Crippen LogP contribution is 2.16. The Hall–Kier alpha value is -1.88. The first-order valence-electron chi connectivity index (χ1n) is 12.0. The van der Waals surface area contributed by atoms with E-state index in [0.29, 0.717) is 24.3 Å². The van der Waals surface area contributed by atoms with Crippen LogP contribution in [0.1, 0.15) is 91.4 Å². The fourth-order valence-corrected chi connectivity index (χ4v) is 3.48. The highest BCUT2D eigenvalue weighted by Gasteiger charge is 2.13. The molecule has 0 atom stereocenters. The van der Waals surface area contributed by atoms with Gasteiger partial charge in [0.15, 0.2) is 0 Å². The van der Waals surface area contributed by atoms with Crippen molar-refractivity contribution in [3.8, 4) is 0 Å². The molecule has 0 radical (unpaired) electrons. The fraction of sp³-hybridized carbons (Fsp3) is 0.680. The summed E-state index contributed by atoms with van der Waals surface area (Å²) in [5.74, 6) is -0.0334. The monoisotopic (exact) mass is 417 g/mol. The molecule has 5 nitrogen and oxygen atoms in total. The maximum atomic E-state index is 12.1. The summed E-state index contributed by atoms with van der Waals surface area (Å²) in [6.45, 7) is 8.76. The number of benzene rings is 1. The molecule has 1 aliphatic rings. The Morgan fingerprint density at radius 1 is 0.800 bits per heavy atom. The van der Waals surface area contributed by atoms with Crippen molar-refractivity contribution >= 4 is 23.2 Å². The number of carbonyl (C=O) groups is 2. The zero-order valence-corrected chi connectivity index (χ0v) is 19.5. The summed E-state index contributed by atoms with van der Waals surface area (Å²) < 4.78 is 0. The van der Waals surface area contributed by atoms with Crippen LogP contribution in [-0.2, 0) is 9.59 Å². The highest BCUT2D eigenvalue weighted by atomic mass is 16.2. The Morgan fingerprint density at radius 3 is 1.83 bits per heavy atom. The number of carbonyl (C=O) groups excluding carboxylic acids is 2. The molecule has 0 aromatic heterocycles. The van der Waals surface area contributed by atoms with Gasteiger partial charge in [0.25, 0.3) is 0 Å². The number of likely N-dealkylation sites (tertiary alicyclic amines) is 1. The van der Waals surface area contributed by atoms with E-state index in [1.54, 1.807) is 6.07 Å². The van der Waals surface area contributed by atoms with Crippen LogP contribution in [0.4, 0.5) is 11.4 Å². The minimum atomic E-state index is -0.0342. The van der Waals surface area contributed by atoms with Crippen molar-refractivity contribution in [2.75, 3.05) is 30.3 Å². The molecule has 1 aromatic carbocycles. The SMILES string of the molecule is CCC(=O)Nc1cccc(NC(=O)CN2CCCCCC2)c1.CCCCCCCC. The Labute approximate surface area is 184 Å². The molecule has 5 heteroatoms. The lowest BCUT2D eigenvalue weighted by atomic mass is 10.1. The molecule has 2 amide bonds. The molecule has 0 spiro atoms. The third kappa shape index (κ3) is 12.6. The summed E-state index contributed by atoms with van der Waals surface area (Å²) in [6, 6.07) is 7.26. The molecule has 0 bridgehead atoms. The first-order chi connectivity index (χ1) is 14.6. The number of unbranched alkanes of at least 4 members (excludes halogenated alkanes) is 5. The third-order valence-electron chi connectivity index (χ3n) is 5.27. The molecule has 0 saturated carbocycles. The van der Waals surface area contributed by atoms with E-state index < -0.39 is 0 Å². The zero-order valence-electron chi connectivity index (χ0n) is 19.5. The fourth-order valence-electron chi connectivity index (χ4n) is 3.48. The van der Waals surface area contributed by atoms with Crippen molar-refractivity contribution in [3.05, 3.63) is 24.3 Å². The zero-order chi connectivity index (χ0) is 22.0. The van der Waals surface area contributed by atoms with Gasteiger partial charge in [0.2, 0.25) is 11.8 Å². The lowest BCUT2D eigenvalue weighted by Gasteiger charge is -2.19. The van der Waals surface area contributed by atoms with Gasteiger partial charge in [-0.15, -0.1) is 0 Å². The Kier molecular flexibility index (Phi) is 14.7. The maximum absolute atomic E-state index is 12.1. The predicted octanol–water partition coefficient (Wildman–Crippen LogP) is 6.22. The smallest absolute Gasteiger partial charge is 0.238 e. The number of rotatable bonds is 10. The molecular weight excluding hydrogens is 374 g/mol. The van der Waals surface area contributed by atoms with Crippen LogP contribution in [0.25, 0.3) is 0 Å². The summed E-state index contributed by atoms with van der Waals surface area (Å²) >= 11 is 0. The minimum Gasteiger partial charge on any atom is -0.326 e. The molecule has 1 aromatic rings. The Morgan fingerprint density at radius 2 is 1.33 bits per heavy atom. The lowest BCUT2D eigenvalue weighted by Crippen LogP contribution is -2.33. The second kappa shape index (κ2) is 16.9. The maximum Gasteiger partial charge on any atom is 0.238 e. The van der Waals surface area contributed by atoms with Gasteiger partial charge in [0, 0.05) is 17.8 Å². The van der Waals surface area contributed by atoms with Gasteiger partial charge in [-0.2, -0.15) is 0 Å². The number of hydrogen-bond donors (Lipinski definition) is 2. The molecule has 170 valence electrons. The largest absolute Gasteiger partial charge is 0.326 e. The Balaban J connectivity index is 0.000000479. The molecule has 1 aliphatic heterocycles. The highest BCUT2D eigenvalue weighted by molar-refractivity contribution is 5.94. The molecule has 2 N–H and O–H groups in total. The molecule has 2 rings (SSSR count). The van der Waals surface area contributed by atoms with Crippen LogP contribution < -0.4 is 10.6 Å². The standard InChI is InChI=1S/C17H25N3O2.C8H18/c1-2-16(21)18-14-8-7-9-15(12-14)19-17(22)13-20-10-5-3-4-6-11-20;1-3-5-7-8-6-4-2/h7-9,12H,2-6,10-11,13H2,1H3,(H,18,21)(H,19,22);3-8H2,1-2H3. The summed E-state index contributed by atoms with van der Waals surface area (Å²) in [5.41, 5.74) is 1.42. The summed E-state index contributed by atoms with van der Waals surface area (Å²) in [5, 5.41) is 5.70. The second-order valence-corrected chi connectivity index (χ2v) is 8.14. The van der Waals surface area contributed by atoms with Crippen molar-refractivity contribution in [1.82, 2.24) is 4.90 Å². The van der Waals surface area contributed by atoms with Crippen molar-refractivity contribution in [2.45, 2.75) is 91.4 Å². The summed E-state index contributed by atoms with van der Waals surface area (Å²) in [7, 11) is 0. The van der Waals surface area contributed by atoms with Gasteiger partial charge in [-0.25, -0.2) is 0 Å². The van der Waals surface area contributed by atoms with Crippen LogP contribution in [-0.4, -0.2) is 36.3 Å². The van der Waals surface area contributed by atoms with Crippen molar-refractivity contribution in [1.29, 1.82) is 0 Å².